The van der Waals surface area contributed by atoms with Gasteiger partial charge >= 0.3 is 0 Å². The minimum atomic E-state index is 0.0824. The van der Waals surface area contributed by atoms with Gasteiger partial charge in [0.2, 0.25) is 0 Å². The van der Waals surface area contributed by atoms with Crippen LogP contribution in [0.3, 0.4) is 0 Å². The Labute approximate surface area is 123 Å². The predicted octanol–water partition coefficient (Wildman–Crippen LogP) is 5.37. The Hall–Kier alpha value is -1.31. The van der Waals surface area contributed by atoms with Crippen molar-refractivity contribution in [1.29, 1.82) is 0 Å². The fraction of sp³-hybridized carbons (Fsp3) is 0.611. The second-order valence-electron chi connectivity index (χ2n) is 5.94. The first-order valence-electron chi connectivity index (χ1n) is 7.84. The number of unbranched alkanes of at least 4 members (excludes halogenated alkanes) is 4. The minimum Gasteiger partial charge on any atom is -0.507 e. The molecule has 0 radical (unpaired) electrons. The number of ketones is 1. The van der Waals surface area contributed by atoms with Crippen molar-refractivity contribution < 1.29 is 9.90 Å². The van der Waals surface area contributed by atoms with Crippen molar-refractivity contribution in [2.24, 2.45) is 0 Å². The molecule has 0 aliphatic carbocycles. The van der Waals surface area contributed by atoms with Crippen molar-refractivity contribution in [3.05, 3.63) is 28.8 Å². The smallest absolute Gasteiger partial charge is 0.166 e. The molecular formula is C18H28O2. The van der Waals surface area contributed by atoms with E-state index in [-0.39, 0.29) is 17.5 Å². The molecule has 112 valence electrons. The van der Waals surface area contributed by atoms with Crippen LogP contribution in [-0.2, 0) is 0 Å². The van der Waals surface area contributed by atoms with Crippen molar-refractivity contribution >= 4 is 5.78 Å². The quantitative estimate of drug-likeness (QED) is 0.512. The van der Waals surface area contributed by atoms with E-state index in [2.05, 4.69) is 6.92 Å². The molecule has 20 heavy (non-hydrogen) atoms. The summed E-state index contributed by atoms with van der Waals surface area (Å²) in [4.78, 5) is 12.3. The summed E-state index contributed by atoms with van der Waals surface area (Å²) < 4.78 is 0. The normalized spacial score (nSPS) is 11.1. The number of hydrogen-bond acceptors (Lipinski definition) is 2. The van der Waals surface area contributed by atoms with Crippen molar-refractivity contribution in [3.63, 3.8) is 0 Å². The van der Waals surface area contributed by atoms with E-state index < -0.39 is 0 Å². The molecule has 0 aliphatic rings. The van der Waals surface area contributed by atoms with E-state index in [0.717, 1.165) is 24.0 Å². The fourth-order valence-electron chi connectivity index (χ4n) is 2.54. The van der Waals surface area contributed by atoms with E-state index in [9.17, 15) is 9.90 Å². The Bertz CT molecular complexity index is 447. The van der Waals surface area contributed by atoms with Crippen LogP contribution in [0, 0.1) is 6.92 Å². The number of carbonyl (C=O) groups excluding carboxylic acids is 1. The van der Waals surface area contributed by atoms with Gasteiger partial charge in [-0.2, -0.15) is 0 Å². The highest BCUT2D eigenvalue weighted by atomic mass is 16.3. The van der Waals surface area contributed by atoms with Crippen molar-refractivity contribution in [2.45, 2.75) is 72.1 Å². The maximum atomic E-state index is 12.3. The van der Waals surface area contributed by atoms with Crippen molar-refractivity contribution in [3.8, 4) is 5.75 Å². The van der Waals surface area contributed by atoms with Crippen LogP contribution in [0.2, 0.25) is 0 Å². The standard InChI is InChI=1S/C18H28O2/c1-5-6-7-8-9-10-16(19)17-14(4)11-12-15(13(2)3)18(17)20/h11-13,20H,5-10H2,1-4H3. The van der Waals surface area contributed by atoms with Gasteiger partial charge in [0, 0.05) is 6.42 Å². The van der Waals surface area contributed by atoms with Gasteiger partial charge in [-0.3, -0.25) is 4.79 Å². The lowest BCUT2D eigenvalue weighted by Crippen LogP contribution is -2.05. The number of phenolic OH excluding ortho intramolecular Hbond substituents is 1. The summed E-state index contributed by atoms with van der Waals surface area (Å²) in [6.45, 7) is 8.14. The molecule has 2 heteroatoms. The highest BCUT2D eigenvalue weighted by Gasteiger charge is 2.18. The Morgan fingerprint density at radius 3 is 2.40 bits per heavy atom. The lowest BCUT2D eigenvalue weighted by molar-refractivity contribution is 0.0975. The second-order valence-corrected chi connectivity index (χ2v) is 5.94. The molecule has 0 heterocycles. The zero-order chi connectivity index (χ0) is 15.1. The van der Waals surface area contributed by atoms with Gasteiger partial charge in [-0.1, -0.05) is 58.6 Å². The number of rotatable bonds is 8. The third kappa shape index (κ3) is 4.36. The Morgan fingerprint density at radius 1 is 1.15 bits per heavy atom. The molecule has 0 amide bonds. The van der Waals surface area contributed by atoms with Crippen LogP contribution < -0.4 is 0 Å². The first-order valence-corrected chi connectivity index (χ1v) is 7.84. The SMILES string of the molecule is CCCCCCCC(=O)c1c(C)ccc(C(C)C)c1O. The first kappa shape index (κ1) is 16.7. The Morgan fingerprint density at radius 2 is 1.80 bits per heavy atom. The molecule has 1 N–H and O–H groups in total. The largest absolute Gasteiger partial charge is 0.507 e. The van der Waals surface area contributed by atoms with Gasteiger partial charge < -0.3 is 5.11 Å². The summed E-state index contributed by atoms with van der Waals surface area (Å²) in [7, 11) is 0. The maximum Gasteiger partial charge on any atom is 0.166 e. The van der Waals surface area contributed by atoms with Crippen LogP contribution in [0.15, 0.2) is 12.1 Å². The van der Waals surface area contributed by atoms with Gasteiger partial charge in [0.1, 0.15) is 5.75 Å². The molecule has 0 fully saturated rings. The number of aryl methyl sites for hydroxylation is 1. The summed E-state index contributed by atoms with van der Waals surface area (Å²) in [5.41, 5.74) is 2.28. The average Bonchev–Trinajstić information content (AvgIpc) is 2.38. The Kier molecular flexibility index (Phi) is 6.77. The molecule has 1 aromatic carbocycles. The molecule has 0 unspecified atom stereocenters. The molecule has 1 aromatic rings. The highest BCUT2D eigenvalue weighted by molar-refractivity contribution is 6.00. The van der Waals surface area contributed by atoms with Gasteiger partial charge in [-0.25, -0.2) is 0 Å². The third-order valence-electron chi connectivity index (χ3n) is 3.83. The molecule has 0 atom stereocenters. The lowest BCUT2D eigenvalue weighted by Gasteiger charge is -2.14. The van der Waals surface area contributed by atoms with Gasteiger partial charge in [0.25, 0.3) is 0 Å². The van der Waals surface area contributed by atoms with Gasteiger partial charge in [0.15, 0.2) is 5.78 Å². The van der Waals surface area contributed by atoms with Crippen molar-refractivity contribution in [1.82, 2.24) is 0 Å². The van der Waals surface area contributed by atoms with Gasteiger partial charge in [-0.05, 0) is 30.4 Å². The molecule has 0 saturated carbocycles. The number of benzene rings is 1. The van der Waals surface area contributed by atoms with E-state index in [0.29, 0.717) is 12.0 Å². The summed E-state index contributed by atoms with van der Waals surface area (Å²) in [6, 6.07) is 3.87. The van der Waals surface area contributed by atoms with Crippen molar-refractivity contribution in [2.75, 3.05) is 0 Å². The molecule has 0 aromatic heterocycles. The van der Waals surface area contributed by atoms with Gasteiger partial charge in [-0.15, -0.1) is 0 Å². The van der Waals surface area contributed by atoms with Gasteiger partial charge in [0.05, 0.1) is 5.56 Å². The zero-order valence-electron chi connectivity index (χ0n) is 13.3. The predicted molar refractivity (Wildman–Crippen MR) is 84.6 cm³/mol. The number of carbonyl (C=O) groups is 1. The fourth-order valence-corrected chi connectivity index (χ4v) is 2.54. The molecule has 1 rings (SSSR count). The molecule has 0 bridgehead atoms. The topological polar surface area (TPSA) is 37.3 Å². The van der Waals surface area contributed by atoms with E-state index >= 15 is 0 Å². The number of Topliss-reactive ketones (excluding diaryl/α,β-unsaturated/α-hetero) is 1. The third-order valence-corrected chi connectivity index (χ3v) is 3.83. The van der Waals surface area contributed by atoms with Crippen LogP contribution in [0.1, 0.15) is 86.7 Å². The zero-order valence-corrected chi connectivity index (χ0v) is 13.3. The van der Waals surface area contributed by atoms with Crippen LogP contribution in [0.5, 0.6) is 5.75 Å². The minimum absolute atomic E-state index is 0.0824. The van der Waals surface area contributed by atoms with Crippen LogP contribution in [-0.4, -0.2) is 10.9 Å². The summed E-state index contributed by atoms with van der Waals surface area (Å²) in [5.74, 6) is 0.504. The summed E-state index contributed by atoms with van der Waals surface area (Å²) in [5, 5.41) is 10.3. The molecule has 2 nitrogen and oxygen atoms in total. The number of phenols is 1. The molecule has 0 spiro atoms. The number of hydrogen-bond donors (Lipinski definition) is 1. The molecule has 0 saturated heterocycles. The summed E-state index contributed by atoms with van der Waals surface area (Å²) in [6.07, 6.45) is 6.21. The monoisotopic (exact) mass is 276 g/mol. The molecule has 0 aliphatic heterocycles. The molecular weight excluding hydrogens is 248 g/mol. The van der Waals surface area contributed by atoms with E-state index in [1.807, 2.05) is 32.9 Å². The van der Waals surface area contributed by atoms with Crippen LogP contribution >= 0.6 is 0 Å². The summed E-state index contributed by atoms with van der Waals surface area (Å²) >= 11 is 0. The van der Waals surface area contributed by atoms with Crippen LogP contribution in [0.25, 0.3) is 0 Å². The lowest BCUT2D eigenvalue weighted by atomic mass is 9.92. The van der Waals surface area contributed by atoms with E-state index in [1.165, 1.54) is 19.3 Å². The van der Waals surface area contributed by atoms with E-state index in [1.54, 1.807) is 0 Å². The maximum absolute atomic E-state index is 12.3. The average molecular weight is 276 g/mol. The highest BCUT2D eigenvalue weighted by Crippen LogP contribution is 2.32. The van der Waals surface area contributed by atoms with E-state index in [4.69, 9.17) is 0 Å². The first-order chi connectivity index (χ1) is 9.49. The second kappa shape index (κ2) is 8.08. The van der Waals surface area contributed by atoms with Crippen LogP contribution in [0.4, 0.5) is 0 Å². The number of aromatic hydroxyl groups is 1. The Balaban J connectivity index is 2.74.